The van der Waals surface area contributed by atoms with Crippen LogP contribution in [0.25, 0.3) is 0 Å². The highest BCUT2D eigenvalue weighted by molar-refractivity contribution is 5.75. The van der Waals surface area contributed by atoms with Crippen molar-refractivity contribution in [2.24, 2.45) is 56.2 Å². The third-order valence-electron chi connectivity index (χ3n) is 14.7. The molecule has 0 aromatic carbocycles. The second-order valence-electron chi connectivity index (χ2n) is 18.3. The number of esters is 1. The summed E-state index contributed by atoms with van der Waals surface area (Å²) in [6.07, 6.45) is 6.06. The SMILES string of the molecule is C[C@@H]1CC([C@H](OC(=O)C(C)(C)C)C(C)(C)O)OC2[C@H]1[C@@]1(C)CC[C@@]34C[C@@]35CC[C@H](O)C(C)(C)[C@@H]5CCC4[C@]1(C)[C@H]2O. The Labute approximate surface area is 248 Å². The normalized spacial score (nSPS) is 52.7. The second kappa shape index (κ2) is 8.73. The molecule has 6 rings (SSSR count). The van der Waals surface area contributed by atoms with Gasteiger partial charge >= 0.3 is 5.97 Å². The summed E-state index contributed by atoms with van der Waals surface area (Å²) in [4.78, 5) is 13.0. The summed E-state index contributed by atoms with van der Waals surface area (Å²) in [7, 11) is 0. The van der Waals surface area contributed by atoms with Crippen molar-refractivity contribution < 1.29 is 29.6 Å². The van der Waals surface area contributed by atoms with Crippen LogP contribution in [-0.2, 0) is 14.3 Å². The van der Waals surface area contributed by atoms with Crippen LogP contribution in [0.3, 0.4) is 0 Å². The Morgan fingerprint density at radius 2 is 1.54 bits per heavy atom. The summed E-state index contributed by atoms with van der Waals surface area (Å²) in [6.45, 7) is 20.6. The van der Waals surface area contributed by atoms with E-state index in [1.807, 2.05) is 20.8 Å². The van der Waals surface area contributed by atoms with Gasteiger partial charge in [0.15, 0.2) is 6.10 Å². The third-order valence-corrected chi connectivity index (χ3v) is 14.7. The maximum atomic E-state index is 13.0. The lowest BCUT2D eigenvalue weighted by molar-refractivity contribution is -0.221. The smallest absolute Gasteiger partial charge is 0.311 e. The molecule has 6 heteroatoms. The number of ether oxygens (including phenoxy) is 2. The van der Waals surface area contributed by atoms with Crippen molar-refractivity contribution in [1.29, 1.82) is 0 Å². The first kappa shape index (κ1) is 30.3. The predicted molar refractivity (Wildman–Crippen MR) is 158 cm³/mol. The Balaban J connectivity index is 1.32. The molecule has 5 saturated carbocycles. The highest BCUT2D eigenvalue weighted by Crippen LogP contribution is 2.89. The van der Waals surface area contributed by atoms with Gasteiger partial charge in [-0.25, -0.2) is 0 Å². The first-order valence-corrected chi connectivity index (χ1v) is 16.6. The minimum Gasteiger partial charge on any atom is -0.456 e. The topological polar surface area (TPSA) is 96.2 Å². The van der Waals surface area contributed by atoms with Crippen LogP contribution in [0.4, 0.5) is 0 Å². The molecule has 234 valence electrons. The van der Waals surface area contributed by atoms with Crippen LogP contribution in [0.15, 0.2) is 0 Å². The number of carbonyl (C=O) groups is 1. The third kappa shape index (κ3) is 3.72. The van der Waals surface area contributed by atoms with E-state index in [4.69, 9.17) is 9.47 Å². The highest BCUT2D eigenvalue weighted by Gasteiger charge is 2.84. The van der Waals surface area contributed by atoms with Crippen LogP contribution in [0, 0.1) is 56.2 Å². The summed E-state index contributed by atoms with van der Waals surface area (Å²) < 4.78 is 12.9. The Morgan fingerprint density at radius 3 is 2.15 bits per heavy atom. The van der Waals surface area contributed by atoms with Gasteiger partial charge in [-0.1, -0.05) is 34.6 Å². The van der Waals surface area contributed by atoms with E-state index in [0.29, 0.717) is 23.7 Å². The van der Waals surface area contributed by atoms with Crippen molar-refractivity contribution in [2.75, 3.05) is 0 Å². The van der Waals surface area contributed by atoms with Crippen molar-refractivity contribution in [2.45, 2.75) is 157 Å². The molecule has 3 N–H and O–H groups in total. The second-order valence-corrected chi connectivity index (χ2v) is 18.3. The molecule has 1 heterocycles. The summed E-state index contributed by atoms with van der Waals surface area (Å²) in [5.74, 6) is 1.12. The molecule has 0 aromatic heterocycles. The molecule has 2 spiro atoms. The molecule has 41 heavy (non-hydrogen) atoms. The van der Waals surface area contributed by atoms with Crippen LogP contribution in [0.1, 0.15) is 121 Å². The Hall–Kier alpha value is -0.690. The number of aliphatic hydroxyl groups excluding tert-OH is 2. The van der Waals surface area contributed by atoms with Gasteiger partial charge in [0.1, 0.15) is 0 Å². The lowest BCUT2D eigenvalue weighted by Gasteiger charge is -2.63. The number of hydrogen-bond acceptors (Lipinski definition) is 6. The van der Waals surface area contributed by atoms with Gasteiger partial charge in [-0.3, -0.25) is 4.79 Å². The number of rotatable bonds is 3. The number of fused-ring (bicyclic) bond motifs is 4. The number of carbonyl (C=O) groups excluding carboxylic acids is 1. The maximum Gasteiger partial charge on any atom is 0.311 e. The van der Waals surface area contributed by atoms with Crippen molar-refractivity contribution in [3.63, 3.8) is 0 Å². The van der Waals surface area contributed by atoms with E-state index in [0.717, 1.165) is 32.1 Å². The molecule has 0 aromatic rings. The van der Waals surface area contributed by atoms with E-state index in [1.54, 1.807) is 13.8 Å². The summed E-state index contributed by atoms with van der Waals surface area (Å²) in [6, 6.07) is 0. The molecule has 13 atom stereocenters. The van der Waals surface area contributed by atoms with Gasteiger partial charge < -0.3 is 24.8 Å². The van der Waals surface area contributed by atoms with Gasteiger partial charge in [0.05, 0.1) is 35.4 Å². The fraction of sp³-hybridized carbons (Fsp3) is 0.971. The largest absolute Gasteiger partial charge is 0.456 e. The van der Waals surface area contributed by atoms with Gasteiger partial charge in [-0.2, -0.15) is 0 Å². The first-order chi connectivity index (χ1) is 18.7. The molecule has 0 radical (unpaired) electrons. The molecular formula is C35H58O6. The Kier molecular flexibility index (Phi) is 6.46. The monoisotopic (exact) mass is 574 g/mol. The summed E-state index contributed by atoms with van der Waals surface area (Å²) in [5.41, 5.74) is -1.78. The van der Waals surface area contributed by atoms with E-state index < -0.39 is 29.3 Å². The lowest BCUT2D eigenvalue weighted by atomic mass is 9.41. The van der Waals surface area contributed by atoms with E-state index in [1.165, 1.54) is 12.8 Å². The molecule has 6 aliphatic rings. The molecule has 1 saturated heterocycles. The molecule has 6 nitrogen and oxygen atoms in total. The van der Waals surface area contributed by atoms with Gasteiger partial charge in [0, 0.05) is 5.41 Å². The molecule has 3 unspecified atom stereocenters. The van der Waals surface area contributed by atoms with Crippen molar-refractivity contribution in [3.05, 3.63) is 0 Å². The number of aliphatic hydroxyl groups is 3. The average Bonchev–Trinajstić information content (AvgIpc) is 3.48. The van der Waals surface area contributed by atoms with Crippen molar-refractivity contribution in [1.82, 2.24) is 0 Å². The maximum absolute atomic E-state index is 13.0. The predicted octanol–water partition coefficient (Wildman–Crippen LogP) is 5.89. The quantitative estimate of drug-likeness (QED) is 0.364. The number of hydrogen-bond donors (Lipinski definition) is 3. The zero-order valence-corrected chi connectivity index (χ0v) is 27.4. The van der Waals surface area contributed by atoms with Crippen molar-refractivity contribution in [3.8, 4) is 0 Å². The van der Waals surface area contributed by atoms with Gasteiger partial charge in [0.25, 0.3) is 0 Å². The van der Waals surface area contributed by atoms with Crippen LogP contribution in [0.2, 0.25) is 0 Å². The molecule has 6 fully saturated rings. The average molecular weight is 575 g/mol. The van der Waals surface area contributed by atoms with Gasteiger partial charge in [-0.15, -0.1) is 0 Å². The van der Waals surface area contributed by atoms with E-state index in [2.05, 4.69) is 34.6 Å². The summed E-state index contributed by atoms with van der Waals surface area (Å²) >= 11 is 0. The fourth-order valence-corrected chi connectivity index (χ4v) is 12.5. The Bertz CT molecular complexity index is 1090. The van der Waals surface area contributed by atoms with Crippen LogP contribution in [-0.4, -0.2) is 57.4 Å². The first-order valence-electron chi connectivity index (χ1n) is 16.6. The zero-order chi connectivity index (χ0) is 30.3. The zero-order valence-electron chi connectivity index (χ0n) is 27.4. The molecule has 0 bridgehead atoms. The Morgan fingerprint density at radius 1 is 0.927 bits per heavy atom. The molecular weight excluding hydrogens is 516 g/mol. The van der Waals surface area contributed by atoms with E-state index in [-0.39, 0.29) is 51.7 Å². The van der Waals surface area contributed by atoms with E-state index >= 15 is 0 Å². The molecule has 1 aliphatic heterocycles. The minimum atomic E-state index is -1.27. The van der Waals surface area contributed by atoms with Crippen LogP contribution < -0.4 is 0 Å². The van der Waals surface area contributed by atoms with Crippen LogP contribution >= 0.6 is 0 Å². The van der Waals surface area contributed by atoms with Crippen LogP contribution in [0.5, 0.6) is 0 Å². The highest BCUT2D eigenvalue weighted by atomic mass is 16.6. The molecule has 5 aliphatic carbocycles. The molecule has 0 amide bonds. The van der Waals surface area contributed by atoms with Gasteiger partial charge in [-0.05, 0) is 131 Å². The fourth-order valence-electron chi connectivity index (χ4n) is 12.5. The van der Waals surface area contributed by atoms with Gasteiger partial charge in [0.2, 0.25) is 0 Å². The van der Waals surface area contributed by atoms with Crippen molar-refractivity contribution >= 4 is 5.97 Å². The summed E-state index contributed by atoms with van der Waals surface area (Å²) in [5, 5.41) is 34.6. The lowest BCUT2D eigenvalue weighted by Crippen LogP contribution is -2.59. The standard InChI is InChI=1S/C35H58O6/c1-19-17-20(27(31(7,8)39)41-28(38)29(2,3)4)40-25-24(19)32(9)15-16-35-18-34(35)14-13-23(36)30(5,6)21(34)11-12-22(35)33(32,10)26(25)37/h19-27,36-37,39H,11-18H2,1-10H3/t19-,20?,21+,22?,23+,24+,25?,26+,27+,32-,33-,34-,35+/m1/s1. The minimum absolute atomic E-state index is 0.0516. The van der Waals surface area contributed by atoms with E-state index in [9.17, 15) is 20.1 Å².